The summed E-state index contributed by atoms with van der Waals surface area (Å²) < 4.78 is 0. The van der Waals surface area contributed by atoms with E-state index in [1.54, 1.807) is 37.4 Å². The van der Waals surface area contributed by atoms with E-state index in [9.17, 15) is 9.59 Å². The Bertz CT molecular complexity index is 935. The molecule has 1 aromatic carbocycles. The molecular formula is C27H36ClN3O2. The lowest BCUT2D eigenvalue weighted by Crippen LogP contribution is -2.44. The quantitative estimate of drug-likeness (QED) is 0.236. The Labute approximate surface area is 204 Å². The zero-order valence-electron chi connectivity index (χ0n) is 20.5. The van der Waals surface area contributed by atoms with Crippen LogP contribution in [0.2, 0.25) is 5.02 Å². The summed E-state index contributed by atoms with van der Waals surface area (Å²) in [6, 6.07) is 6.47. The van der Waals surface area contributed by atoms with Crippen molar-refractivity contribution >= 4 is 29.2 Å². The second-order valence-corrected chi connectivity index (χ2v) is 9.27. The number of carbonyl (C=O) groups excluding carboxylic acids is 2. The van der Waals surface area contributed by atoms with E-state index in [1.807, 2.05) is 32.9 Å². The van der Waals surface area contributed by atoms with Crippen LogP contribution >= 0.6 is 11.6 Å². The Morgan fingerprint density at radius 3 is 2.55 bits per heavy atom. The van der Waals surface area contributed by atoms with E-state index >= 15 is 0 Å². The van der Waals surface area contributed by atoms with Gasteiger partial charge in [0.15, 0.2) is 0 Å². The van der Waals surface area contributed by atoms with Crippen molar-refractivity contribution in [1.29, 1.82) is 0 Å². The van der Waals surface area contributed by atoms with Crippen molar-refractivity contribution in [1.82, 2.24) is 10.2 Å². The molecule has 0 saturated heterocycles. The standard InChI is InChI=1S/C27H36ClN3O2/c1-8-10-11-12-13-17-23(15-9-2)30(7)26(33)31(24-18-14-16-22(28)20-24)21(3)19-25(32)29-27(4,5)6/h2,13-18,20H,3,8,10-12,19H2,1,4-7H3,(H,29,32)/b17-13-,23-15+. The van der Waals surface area contributed by atoms with Crippen molar-refractivity contribution in [2.24, 2.45) is 0 Å². The van der Waals surface area contributed by atoms with E-state index in [2.05, 4.69) is 24.7 Å². The maximum Gasteiger partial charge on any atom is 0.333 e. The molecule has 0 saturated carbocycles. The van der Waals surface area contributed by atoms with Crippen molar-refractivity contribution in [3.63, 3.8) is 0 Å². The molecule has 0 aromatic heterocycles. The van der Waals surface area contributed by atoms with Crippen molar-refractivity contribution in [3.8, 4) is 12.3 Å². The summed E-state index contributed by atoms with van der Waals surface area (Å²) in [5.41, 5.74) is 1.00. The van der Waals surface area contributed by atoms with E-state index in [1.165, 1.54) is 9.80 Å². The van der Waals surface area contributed by atoms with Crippen LogP contribution in [0.1, 0.15) is 59.8 Å². The molecule has 1 rings (SSSR count). The van der Waals surface area contributed by atoms with Crippen LogP contribution in [-0.2, 0) is 4.79 Å². The number of allylic oxidation sites excluding steroid dienone is 3. The zero-order chi connectivity index (χ0) is 25.0. The first-order chi connectivity index (χ1) is 15.5. The molecule has 0 unspecified atom stereocenters. The number of likely N-dealkylation sites (N-methyl/N-ethyl adjacent to an activating group) is 1. The van der Waals surface area contributed by atoms with Crippen LogP contribution in [-0.4, -0.2) is 29.4 Å². The van der Waals surface area contributed by atoms with E-state index in [0.717, 1.165) is 25.7 Å². The van der Waals surface area contributed by atoms with E-state index in [4.69, 9.17) is 18.0 Å². The van der Waals surface area contributed by atoms with Gasteiger partial charge in [-0.3, -0.25) is 14.6 Å². The number of urea groups is 1. The number of rotatable bonds is 10. The number of nitrogens with one attached hydrogen (secondary N) is 1. The van der Waals surface area contributed by atoms with Gasteiger partial charge in [0.2, 0.25) is 5.91 Å². The molecule has 0 radical (unpaired) electrons. The highest BCUT2D eigenvalue weighted by atomic mass is 35.5. The van der Waals surface area contributed by atoms with Gasteiger partial charge in [0.1, 0.15) is 0 Å². The van der Waals surface area contributed by atoms with Gasteiger partial charge in [-0.1, -0.05) is 56.0 Å². The van der Waals surface area contributed by atoms with E-state index in [-0.39, 0.29) is 12.3 Å². The first kappa shape index (κ1) is 28.1. The molecule has 0 aliphatic rings. The van der Waals surface area contributed by atoms with Gasteiger partial charge in [0.25, 0.3) is 0 Å². The molecule has 0 heterocycles. The van der Waals surface area contributed by atoms with Gasteiger partial charge >= 0.3 is 6.03 Å². The molecule has 0 fully saturated rings. The molecule has 0 bridgehead atoms. The lowest BCUT2D eigenvalue weighted by atomic mass is 10.1. The smallest absolute Gasteiger partial charge is 0.333 e. The van der Waals surface area contributed by atoms with Crippen LogP contribution in [0.15, 0.2) is 60.5 Å². The minimum Gasteiger partial charge on any atom is -0.351 e. The summed E-state index contributed by atoms with van der Waals surface area (Å²) in [5, 5.41) is 3.36. The van der Waals surface area contributed by atoms with Crippen LogP contribution in [0.25, 0.3) is 0 Å². The topological polar surface area (TPSA) is 52.7 Å². The number of anilines is 1. The molecule has 1 N–H and O–H groups in total. The molecule has 3 amide bonds. The first-order valence-corrected chi connectivity index (χ1v) is 11.5. The Morgan fingerprint density at radius 2 is 1.97 bits per heavy atom. The number of carbonyl (C=O) groups is 2. The van der Waals surface area contributed by atoms with Gasteiger partial charge in [-0.2, -0.15) is 0 Å². The Balaban J connectivity index is 3.21. The van der Waals surface area contributed by atoms with Crippen LogP contribution in [0.3, 0.4) is 0 Å². The Kier molecular flexibility index (Phi) is 11.5. The largest absolute Gasteiger partial charge is 0.351 e. The van der Waals surface area contributed by atoms with Crippen LogP contribution in [0, 0.1) is 12.3 Å². The average molecular weight is 470 g/mol. The minimum atomic E-state index is -0.398. The minimum absolute atomic E-state index is 0.0512. The molecule has 0 aliphatic heterocycles. The summed E-state index contributed by atoms with van der Waals surface area (Å²) in [7, 11) is 1.64. The highest BCUT2D eigenvalue weighted by Crippen LogP contribution is 2.26. The van der Waals surface area contributed by atoms with E-state index < -0.39 is 11.6 Å². The molecular weight excluding hydrogens is 434 g/mol. The third kappa shape index (κ3) is 10.0. The SMILES string of the molecule is C#C/C=C(\C=C/CCCCC)N(C)C(=O)N(C(=C)CC(=O)NC(C)(C)C)c1cccc(Cl)c1. The highest BCUT2D eigenvalue weighted by molar-refractivity contribution is 6.31. The number of amides is 3. The lowest BCUT2D eigenvalue weighted by molar-refractivity contribution is -0.121. The Morgan fingerprint density at radius 1 is 1.27 bits per heavy atom. The van der Waals surface area contributed by atoms with Crippen molar-refractivity contribution in [2.75, 3.05) is 11.9 Å². The summed E-state index contributed by atoms with van der Waals surface area (Å²) in [6.07, 6.45) is 15.1. The molecule has 33 heavy (non-hydrogen) atoms. The van der Waals surface area contributed by atoms with Crippen LogP contribution in [0.5, 0.6) is 0 Å². The van der Waals surface area contributed by atoms with Crippen LogP contribution < -0.4 is 10.2 Å². The monoisotopic (exact) mass is 469 g/mol. The third-order valence-electron chi connectivity index (χ3n) is 4.62. The maximum absolute atomic E-state index is 13.6. The summed E-state index contributed by atoms with van der Waals surface area (Å²) >= 11 is 6.18. The predicted molar refractivity (Wildman–Crippen MR) is 139 cm³/mol. The fraction of sp³-hybridized carbons (Fsp3) is 0.407. The molecule has 6 heteroatoms. The third-order valence-corrected chi connectivity index (χ3v) is 4.86. The second-order valence-electron chi connectivity index (χ2n) is 8.83. The molecule has 0 aliphatic carbocycles. The van der Waals surface area contributed by atoms with Crippen molar-refractivity contribution in [3.05, 3.63) is 65.5 Å². The highest BCUT2D eigenvalue weighted by Gasteiger charge is 2.26. The second kappa shape index (κ2) is 13.5. The first-order valence-electron chi connectivity index (χ1n) is 11.1. The van der Waals surface area contributed by atoms with Crippen LogP contribution in [0.4, 0.5) is 10.5 Å². The fourth-order valence-electron chi connectivity index (χ4n) is 3.09. The summed E-state index contributed by atoms with van der Waals surface area (Å²) in [5.74, 6) is 2.27. The zero-order valence-corrected chi connectivity index (χ0v) is 21.2. The molecule has 178 valence electrons. The number of benzene rings is 1. The number of terminal acetylenes is 1. The number of nitrogens with zero attached hydrogens (tertiary/aromatic N) is 2. The number of hydrogen-bond donors (Lipinski definition) is 1. The van der Waals surface area contributed by atoms with Gasteiger partial charge in [0.05, 0.1) is 17.8 Å². The van der Waals surface area contributed by atoms with Crippen molar-refractivity contribution < 1.29 is 9.59 Å². The molecule has 0 spiro atoms. The molecule has 1 aromatic rings. The van der Waals surface area contributed by atoms with E-state index in [0.29, 0.717) is 22.1 Å². The molecule has 5 nitrogen and oxygen atoms in total. The predicted octanol–water partition coefficient (Wildman–Crippen LogP) is 6.67. The number of hydrogen-bond acceptors (Lipinski definition) is 2. The number of unbranched alkanes of at least 4 members (excludes halogenated alkanes) is 3. The van der Waals surface area contributed by atoms with Gasteiger partial charge in [-0.15, -0.1) is 6.42 Å². The fourth-order valence-corrected chi connectivity index (χ4v) is 3.27. The van der Waals surface area contributed by atoms with Gasteiger partial charge in [0, 0.05) is 29.4 Å². The van der Waals surface area contributed by atoms with Gasteiger partial charge in [-0.05, 0) is 57.9 Å². The van der Waals surface area contributed by atoms with Gasteiger partial charge in [-0.25, -0.2) is 4.79 Å². The lowest BCUT2D eigenvalue weighted by Gasteiger charge is -2.30. The van der Waals surface area contributed by atoms with Gasteiger partial charge < -0.3 is 5.32 Å². The summed E-state index contributed by atoms with van der Waals surface area (Å²) in [4.78, 5) is 29.0. The number of halogens is 1. The molecule has 0 atom stereocenters. The average Bonchev–Trinajstić information content (AvgIpc) is 2.71. The Hall–Kier alpha value is -2.97. The summed E-state index contributed by atoms with van der Waals surface area (Å²) in [6.45, 7) is 11.9. The normalized spacial score (nSPS) is 11.7. The van der Waals surface area contributed by atoms with Crippen molar-refractivity contribution in [2.45, 2.75) is 65.3 Å². The maximum atomic E-state index is 13.6.